The van der Waals surface area contributed by atoms with Crippen LogP contribution in [0.25, 0.3) is 11.1 Å². The molecule has 0 aliphatic carbocycles. The van der Waals surface area contributed by atoms with Gasteiger partial charge in [0.25, 0.3) is 0 Å². The highest BCUT2D eigenvalue weighted by molar-refractivity contribution is 7.99. The number of benzene rings is 1. The third-order valence-corrected chi connectivity index (χ3v) is 9.13. The first-order valence-electron chi connectivity index (χ1n) is 8.48. The SMILES string of the molecule is Cc1ccc2c(c1)-c1c(ssc1=S)C(C)(C)N2C(=O)CSc1nccn1C. The molecule has 27 heavy (non-hydrogen) atoms. The second-order valence-corrected chi connectivity index (χ2v) is 10.8. The predicted octanol–water partition coefficient (Wildman–Crippen LogP) is 5.62. The van der Waals surface area contributed by atoms with Gasteiger partial charge >= 0.3 is 0 Å². The summed E-state index contributed by atoms with van der Waals surface area (Å²) in [5.74, 6) is 0.417. The number of hydrogen-bond acceptors (Lipinski definition) is 6. The lowest BCUT2D eigenvalue weighted by Gasteiger charge is -2.43. The molecule has 0 fully saturated rings. The highest BCUT2D eigenvalue weighted by Crippen LogP contribution is 2.52. The molecule has 0 atom stereocenters. The van der Waals surface area contributed by atoms with E-state index in [1.54, 1.807) is 26.9 Å². The van der Waals surface area contributed by atoms with Crippen molar-refractivity contribution in [3.05, 3.63) is 44.9 Å². The number of carbonyl (C=O) groups is 1. The summed E-state index contributed by atoms with van der Waals surface area (Å²) >= 11 is 7.10. The van der Waals surface area contributed by atoms with E-state index >= 15 is 0 Å². The van der Waals surface area contributed by atoms with Crippen molar-refractivity contribution in [1.82, 2.24) is 9.55 Å². The maximum absolute atomic E-state index is 13.3. The second kappa shape index (κ2) is 6.84. The van der Waals surface area contributed by atoms with E-state index in [-0.39, 0.29) is 5.91 Å². The number of aromatic nitrogens is 2. The van der Waals surface area contributed by atoms with E-state index < -0.39 is 5.54 Å². The average molecular weight is 434 g/mol. The summed E-state index contributed by atoms with van der Waals surface area (Å²) < 4.78 is 2.84. The fourth-order valence-corrected chi connectivity index (χ4v) is 7.53. The molecule has 1 aliphatic heterocycles. The molecule has 4 rings (SSSR count). The molecule has 2 aromatic heterocycles. The highest BCUT2D eigenvalue weighted by Gasteiger charge is 2.42. The van der Waals surface area contributed by atoms with Gasteiger partial charge in [0.05, 0.1) is 21.9 Å². The van der Waals surface area contributed by atoms with Crippen molar-refractivity contribution >= 4 is 56.3 Å². The third-order valence-electron chi connectivity index (χ3n) is 4.76. The van der Waals surface area contributed by atoms with Gasteiger partial charge in [-0.15, -0.1) is 0 Å². The molecule has 0 spiro atoms. The summed E-state index contributed by atoms with van der Waals surface area (Å²) in [5, 5.41) is 0.842. The Morgan fingerprint density at radius 1 is 1.33 bits per heavy atom. The van der Waals surface area contributed by atoms with Gasteiger partial charge in [0.15, 0.2) is 5.16 Å². The first kappa shape index (κ1) is 18.9. The van der Waals surface area contributed by atoms with Crippen LogP contribution in [0.4, 0.5) is 5.69 Å². The van der Waals surface area contributed by atoms with Crippen LogP contribution in [0.1, 0.15) is 24.3 Å². The zero-order chi connectivity index (χ0) is 19.3. The Bertz CT molecular complexity index is 1090. The van der Waals surface area contributed by atoms with Gasteiger partial charge in [0.1, 0.15) is 3.82 Å². The van der Waals surface area contributed by atoms with Crippen molar-refractivity contribution in [2.75, 3.05) is 10.7 Å². The van der Waals surface area contributed by atoms with Gasteiger partial charge in [-0.3, -0.25) is 4.79 Å². The number of imidazole rings is 1. The number of carbonyl (C=O) groups excluding carboxylic acids is 1. The number of amides is 1. The second-order valence-electron chi connectivity index (χ2n) is 7.08. The molecule has 1 aliphatic rings. The van der Waals surface area contributed by atoms with Crippen LogP contribution < -0.4 is 4.90 Å². The van der Waals surface area contributed by atoms with Crippen molar-refractivity contribution in [3.63, 3.8) is 0 Å². The van der Waals surface area contributed by atoms with Crippen LogP contribution >= 0.6 is 44.7 Å². The third kappa shape index (κ3) is 3.08. The molecule has 3 heterocycles. The fourth-order valence-electron chi connectivity index (χ4n) is 3.47. The molecule has 0 bridgehead atoms. The van der Waals surface area contributed by atoms with E-state index in [1.165, 1.54) is 22.2 Å². The van der Waals surface area contributed by atoms with Crippen molar-refractivity contribution in [3.8, 4) is 11.1 Å². The molecular weight excluding hydrogens is 414 g/mol. The maximum atomic E-state index is 13.3. The summed E-state index contributed by atoms with van der Waals surface area (Å²) in [7, 11) is 5.24. The van der Waals surface area contributed by atoms with E-state index in [1.807, 2.05) is 22.7 Å². The molecule has 1 aromatic carbocycles. The summed E-state index contributed by atoms with van der Waals surface area (Å²) in [6, 6.07) is 6.26. The lowest BCUT2D eigenvalue weighted by molar-refractivity contribution is -0.117. The molecular formula is C19H19N3OS4. The number of fused-ring (bicyclic) bond motifs is 3. The predicted molar refractivity (Wildman–Crippen MR) is 118 cm³/mol. The van der Waals surface area contributed by atoms with Crippen LogP contribution in [0, 0.1) is 10.7 Å². The topological polar surface area (TPSA) is 38.1 Å². The Balaban J connectivity index is 1.77. The molecule has 0 unspecified atom stereocenters. The minimum Gasteiger partial charge on any atom is -0.329 e. The van der Waals surface area contributed by atoms with Gasteiger partial charge in [-0.25, -0.2) is 4.98 Å². The number of nitrogens with zero attached hydrogens (tertiary/aromatic N) is 3. The summed E-state index contributed by atoms with van der Waals surface area (Å²) in [6.07, 6.45) is 3.64. The molecule has 1 amide bonds. The minimum absolute atomic E-state index is 0.0769. The van der Waals surface area contributed by atoms with Crippen LogP contribution in [-0.2, 0) is 17.4 Å². The average Bonchev–Trinajstić information content (AvgIpc) is 3.20. The van der Waals surface area contributed by atoms with E-state index in [0.29, 0.717) is 5.75 Å². The van der Waals surface area contributed by atoms with Gasteiger partial charge in [-0.05, 0) is 32.9 Å². The maximum Gasteiger partial charge on any atom is 0.238 e. The molecule has 140 valence electrons. The van der Waals surface area contributed by atoms with Crippen molar-refractivity contribution in [2.45, 2.75) is 31.5 Å². The van der Waals surface area contributed by atoms with Gasteiger partial charge in [0, 0.05) is 30.6 Å². The molecule has 3 aromatic rings. The molecule has 0 saturated heterocycles. The van der Waals surface area contributed by atoms with Crippen LogP contribution in [-0.4, -0.2) is 21.2 Å². The Kier molecular flexibility index (Phi) is 4.78. The quantitative estimate of drug-likeness (QED) is 0.305. The van der Waals surface area contributed by atoms with Gasteiger partial charge in [-0.1, -0.05) is 56.3 Å². The van der Waals surface area contributed by atoms with E-state index in [9.17, 15) is 4.79 Å². The molecule has 8 heteroatoms. The molecule has 0 radical (unpaired) electrons. The van der Waals surface area contributed by atoms with Crippen molar-refractivity contribution < 1.29 is 4.79 Å². The highest BCUT2D eigenvalue weighted by atomic mass is 32.9. The van der Waals surface area contributed by atoms with Crippen molar-refractivity contribution in [1.29, 1.82) is 0 Å². The summed E-state index contributed by atoms with van der Waals surface area (Å²) in [5.41, 5.74) is 3.88. The van der Waals surface area contributed by atoms with Gasteiger partial charge in [-0.2, -0.15) is 0 Å². The summed E-state index contributed by atoms with van der Waals surface area (Å²) in [6.45, 7) is 6.29. The van der Waals surface area contributed by atoms with Gasteiger partial charge in [0.2, 0.25) is 5.91 Å². The lowest BCUT2D eigenvalue weighted by Crippen LogP contribution is -2.48. The van der Waals surface area contributed by atoms with E-state index in [0.717, 1.165) is 25.8 Å². The fraction of sp³-hybridized carbons (Fsp3) is 0.316. The zero-order valence-corrected chi connectivity index (χ0v) is 18.7. The number of hydrogen-bond donors (Lipinski definition) is 0. The monoisotopic (exact) mass is 433 g/mol. The molecule has 4 nitrogen and oxygen atoms in total. The Morgan fingerprint density at radius 3 is 2.81 bits per heavy atom. The summed E-state index contributed by atoms with van der Waals surface area (Å²) in [4.78, 5) is 20.8. The Morgan fingerprint density at radius 2 is 2.11 bits per heavy atom. The number of thioether (sulfide) groups is 1. The largest absolute Gasteiger partial charge is 0.329 e. The Hall–Kier alpha value is -1.48. The van der Waals surface area contributed by atoms with Gasteiger partial charge < -0.3 is 9.47 Å². The lowest BCUT2D eigenvalue weighted by atomic mass is 9.87. The number of rotatable bonds is 3. The van der Waals surface area contributed by atoms with Crippen LogP contribution in [0.5, 0.6) is 0 Å². The first-order chi connectivity index (χ1) is 12.8. The molecule has 0 saturated carbocycles. The molecule has 0 N–H and O–H groups in total. The van der Waals surface area contributed by atoms with Crippen LogP contribution in [0.3, 0.4) is 0 Å². The first-order valence-corrected chi connectivity index (χ1v) is 12.0. The standard InChI is InChI=1S/C19H19N3OS4/c1-11-5-6-13-12(9-11)15-16(26-27-17(15)24)19(2,3)22(13)14(23)10-25-18-20-7-8-21(18)4/h5-9H,10H2,1-4H3. The van der Waals surface area contributed by atoms with E-state index in [2.05, 4.69) is 44.0 Å². The minimum atomic E-state index is -0.435. The van der Waals surface area contributed by atoms with Crippen molar-refractivity contribution in [2.24, 2.45) is 7.05 Å². The number of anilines is 1. The van der Waals surface area contributed by atoms with Crippen LogP contribution in [0.2, 0.25) is 0 Å². The number of aryl methyl sites for hydroxylation is 2. The van der Waals surface area contributed by atoms with E-state index in [4.69, 9.17) is 12.2 Å². The Labute approximate surface area is 175 Å². The van der Waals surface area contributed by atoms with Crippen LogP contribution in [0.15, 0.2) is 35.7 Å². The normalized spacial score (nSPS) is 14.7. The smallest absolute Gasteiger partial charge is 0.238 e. The zero-order valence-electron chi connectivity index (χ0n) is 15.5.